The number of halogens is 1. The zero-order valence-corrected chi connectivity index (χ0v) is 23.4. The van der Waals surface area contributed by atoms with E-state index in [1.54, 1.807) is 17.9 Å². The van der Waals surface area contributed by atoms with Crippen molar-refractivity contribution in [3.05, 3.63) is 11.2 Å². The topological polar surface area (TPSA) is 95.9 Å². The molecule has 2 aliphatic heterocycles. The number of carbonyl (C=O) groups excluding carboxylic acids is 3. The Morgan fingerprint density at radius 3 is 2.43 bits per heavy atom. The van der Waals surface area contributed by atoms with Gasteiger partial charge in [0, 0.05) is 50.7 Å². The van der Waals surface area contributed by atoms with E-state index in [1.807, 2.05) is 4.90 Å². The van der Waals surface area contributed by atoms with Gasteiger partial charge in [-0.15, -0.1) is 0 Å². The minimum absolute atomic E-state index is 0.000830. The molecule has 1 aromatic heterocycles. The van der Waals surface area contributed by atoms with Crippen molar-refractivity contribution < 1.29 is 19.1 Å². The van der Waals surface area contributed by atoms with Crippen molar-refractivity contribution in [2.75, 3.05) is 50.0 Å². The van der Waals surface area contributed by atoms with Crippen LogP contribution in [0.3, 0.4) is 0 Å². The number of likely N-dealkylation sites (tertiary alicyclic amines) is 1. The van der Waals surface area contributed by atoms with Crippen LogP contribution >= 0.6 is 23.4 Å². The lowest BCUT2D eigenvalue weighted by Crippen LogP contribution is -2.55. The molecule has 1 atom stereocenters. The number of hydrogen-bond donors (Lipinski definition) is 0. The van der Waals surface area contributed by atoms with Crippen LogP contribution in [0, 0.1) is 11.8 Å². The molecular weight excluding hydrogens is 514 g/mol. The van der Waals surface area contributed by atoms with Crippen molar-refractivity contribution in [3.63, 3.8) is 0 Å². The Morgan fingerprint density at radius 2 is 1.76 bits per heavy atom. The summed E-state index contributed by atoms with van der Waals surface area (Å²) in [6.45, 7) is 7.41. The average Bonchev–Trinajstić information content (AvgIpc) is 2.91. The molecule has 204 valence electrons. The van der Waals surface area contributed by atoms with Crippen molar-refractivity contribution in [2.24, 2.45) is 11.8 Å². The molecule has 1 aliphatic carbocycles. The van der Waals surface area contributed by atoms with E-state index in [0.717, 1.165) is 31.5 Å². The van der Waals surface area contributed by atoms with Gasteiger partial charge in [-0.25, -0.2) is 9.97 Å². The smallest absolute Gasteiger partial charge is 0.309 e. The third-order valence-corrected chi connectivity index (χ3v) is 8.67. The average molecular weight is 552 g/mol. The Balaban J connectivity index is 1.29. The first-order valence-corrected chi connectivity index (χ1v) is 14.9. The summed E-state index contributed by atoms with van der Waals surface area (Å²) < 4.78 is 5.11. The summed E-state index contributed by atoms with van der Waals surface area (Å²) in [7, 11) is 0. The fourth-order valence-electron chi connectivity index (χ4n) is 5.53. The first-order chi connectivity index (χ1) is 17.9. The quantitative estimate of drug-likeness (QED) is 0.219. The van der Waals surface area contributed by atoms with E-state index in [0.29, 0.717) is 68.4 Å². The summed E-state index contributed by atoms with van der Waals surface area (Å²) in [5.41, 5.74) is 0. The van der Waals surface area contributed by atoms with Crippen LogP contribution in [0.15, 0.2) is 11.2 Å². The molecule has 4 rings (SSSR count). The Hall–Kier alpha value is -2.07. The summed E-state index contributed by atoms with van der Waals surface area (Å²) in [6, 6.07) is 1.84. The van der Waals surface area contributed by atoms with Crippen LogP contribution in [0.5, 0.6) is 0 Å². The molecule has 11 heteroatoms. The van der Waals surface area contributed by atoms with Gasteiger partial charge in [0.1, 0.15) is 11.0 Å². The van der Waals surface area contributed by atoms with Crippen molar-refractivity contribution in [3.8, 4) is 0 Å². The second-order valence-corrected chi connectivity index (χ2v) is 11.5. The molecule has 37 heavy (non-hydrogen) atoms. The van der Waals surface area contributed by atoms with E-state index in [2.05, 4.69) is 21.8 Å². The number of piperidine rings is 1. The number of amides is 2. The second kappa shape index (κ2) is 13.1. The van der Waals surface area contributed by atoms with Gasteiger partial charge >= 0.3 is 5.97 Å². The first-order valence-electron chi connectivity index (χ1n) is 13.5. The third-order valence-electron chi connectivity index (χ3n) is 7.64. The molecule has 0 radical (unpaired) electrons. The number of ether oxygens (including phenoxy) is 1. The van der Waals surface area contributed by atoms with Gasteiger partial charge in [0.25, 0.3) is 0 Å². The predicted molar refractivity (Wildman–Crippen MR) is 144 cm³/mol. The van der Waals surface area contributed by atoms with E-state index in [1.165, 1.54) is 18.2 Å². The molecule has 1 aromatic rings. The highest BCUT2D eigenvalue weighted by molar-refractivity contribution is 7.99. The molecule has 1 unspecified atom stereocenters. The number of aromatic nitrogens is 2. The Kier molecular flexibility index (Phi) is 9.92. The van der Waals surface area contributed by atoms with Crippen LogP contribution in [0.4, 0.5) is 5.82 Å². The lowest BCUT2D eigenvalue weighted by Gasteiger charge is -2.42. The van der Waals surface area contributed by atoms with Crippen LogP contribution in [0.1, 0.15) is 58.8 Å². The number of hydrogen-bond acceptors (Lipinski definition) is 8. The molecule has 2 saturated heterocycles. The van der Waals surface area contributed by atoms with Crippen molar-refractivity contribution >= 4 is 47.0 Å². The second-order valence-electron chi connectivity index (χ2n) is 10.2. The highest BCUT2D eigenvalue weighted by Crippen LogP contribution is 2.29. The largest absolute Gasteiger partial charge is 0.466 e. The minimum atomic E-state index is -0.169. The van der Waals surface area contributed by atoms with Gasteiger partial charge in [-0.1, -0.05) is 42.6 Å². The summed E-state index contributed by atoms with van der Waals surface area (Å²) in [5.74, 6) is 1.11. The van der Waals surface area contributed by atoms with Crippen LogP contribution in [0.25, 0.3) is 0 Å². The molecule has 0 aromatic carbocycles. The minimum Gasteiger partial charge on any atom is -0.466 e. The lowest BCUT2D eigenvalue weighted by molar-refractivity contribution is -0.151. The van der Waals surface area contributed by atoms with Crippen molar-refractivity contribution in [2.45, 2.75) is 70.0 Å². The zero-order chi connectivity index (χ0) is 26.4. The first kappa shape index (κ1) is 28.0. The summed E-state index contributed by atoms with van der Waals surface area (Å²) in [6.07, 6.45) is 6.81. The molecular formula is C26H38ClN5O4S. The number of rotatable bonds is 7. The SMILES string of the molecule is CCOC(=O)C1CCN(C(=O)CSc2nc(Cl)cc(N3CCN(C(=O)C4CCCCC4)C(C)C3)n2)CC1. The van der Waals surface area contributed by atoms with Gasteiger partial charge < -0.3 is 19.4 Å². The summed E-state index contributed by atoms with van der Waals surface area (Å²) in [4.78, 5) is 52.8. The lowest BCUT2D eigenvalue weighted by atomic mass is 9.88. The maximum Gasteiger partial charge on any atom is 0.309 e. The Bertz CT molecular complexity index is 968. The fourth-order valence-corrected chi connectivity index (χ4v) is 6.52. The van der Waals surface area contributed by atoms with Crippen molar-refractivity contribution in [1.82, 2.24) is 19.8 Å². The normalized spacial score (nSPS) is 21.7. The van der Waals surface area contributed by atoms with Gasteiger partial charge in [-0.05, 0) is 39.5 Å². The predicted octanol–water partition coefficient (Wildman–Crippen LogP) is 3.64. The molecule has 3 heterocycles. The number of anilines is 1. The summed E-state index contributed by atoms with van der Waals surface area (Å²) >= 11 is 7.60. The molecule has 1 saturated carbocycles. The third kappa shape index (κ3) is 7.28. The van der Waals surface area contributed by atoms with Crippen LogP contribution in [-0.2, 0) is 19.1 Å². The fraction of sp³-hybridized carbons (Fsp3) is 0.731. The maximum atomic E-state index is 13.1. The molecule has 0 N–H and O–H groups in total. The van der Waals surface area contributed by atoms with Crippen LogP contribution in [0.2, 0.25) is 5.15 Å². The highest BCUT2D eigenvalue weighted by atomic mass is 35.5. The zero-order valence-electron chi connectivity index (χ0n) is 21.9. The molecule has 9 nitrogen and oxygen atoms in total. The van der Waals surface area contributed by atoms with Crippen LogP contribution in [-0.4, -0.2) is 88.7 Å². The Labute approximate surface area is 228 Å². The highest BCUT2D eigenvalue weighted by Gasteiger charge is 2.33. The number of piperazine rings is 1. The van der Waals surface area contributed by atoms with Gasteiger partial charge in [-0.2, -0.15) is 0 Å². The molecule has 2 amide bonds. The molecule has 0 bridgehead atoms. The Morgan fingerprint density at radius 1 is 1.03 bits per heavy atom. The van der Waals surface area contributed by atoms with E-state index < -0.39 is 0 Å². The number of esters is 1. The van der Waals surface area contributed by atoms with E-state index in [9.17, 15) is 14.4 Å². The van der Waals surface area contributed by atoms with Crippen molar-refractivity contribution in [1.29, 1.82) is 0 Å². The summed E-state index contributed by atoms with van der Waals surface area (Å²) in [5, 5.41) is 0.800. The van der Waals surface area contributed by atoms with Gasteiger partial charge in [0.05, 0.1) is 18.3 Å². The molecule has 0 spiro atoms. The van der Waals surface area contributed by atoms with E-state index in [-0.39, 0.29) is 35.5 Å². The monoisotopic (exact) mass is 551 g/mol. The van der Waals surface area contributed by atoms with Gasteiger partial charge in [0.15, 0.2) is 5.16 Å². The van der Waals surface area contributed by atoms with E-state index in [4.69, 9.17) is 16.3 Å². The van der Waals surface area contributed by atoms with Gasteiger partial charge in [0.2, 0.25) is 11.8 Å². The number of thioether (sulfide) groups is 1. The van der Waals surface area contributed by atoms with Gasteiger partial charge in [-0.3, -0.25) is 14.4 Å². The van der Waals surface area contributed by atoms with E-state index >= 15 is 0 Å². The standard InChI is InChI=1S/C26H38ClN5O4S/c1-3-36-25(35)20-9-11-30(12-10-20)23(33)17-37-26-28-21(27)15-22(29-26)31-13-14-32(18(2)16-31)24(34)19-7-5-4-6-8-19/h15,18-20H,3-14,16-17H2,1-2H3. The maximum absolute atomic E-state index is 13.1. The molecule has 3 aliphatic rings. The number of carbonyl (C=O) groups is 3. The number of nitrogens with zero attached hydrogens (tertiary/aromatic N) is 5. The van der Waals surface area contributed by atoms with Crippen LogP contribution < -0.4 is 4.90 Å². The molecule has 3 fully saturated rings.